The molecule has 0 radical (unpaired) electrons. The van der Waals surface area contributed by atoms with Gasteiger partial charge in [0.15, 0.2) is 0 Å². The number of Topliss-reactive ketones (excluding diaryl/α,β-unsaturated/α-hetero) is 1. The molecule has 4 nitrogen and oxygen atoms in total. The molecule has 2 atom stereocenters. The number of para-hydroxylation sites is 1. The quantitative estimate of drug-likeness (QED) is 0.418. The Labute approximate surface area is 149 Å². The van der Waals surface area contributed by atoms with Gasteiger partial charge in [0, 0.05) is 40.8 Å². The minimum absolute atomic E-state index is 0.0371. The third kappa shape index (κ3) is 1.99. The lowest BCUT2D eigenvalue weighted by atomic mass is 9.65. The van der Waals surface area contributed by atoms with Crippen molar-refractivity contribution in [2.45, 2.75) is 37.6 Å². The van der Waals surface area contributed by atoms with Gasteiger partial charge < -0.3 is 5.21 Å². The van der Waals surface area contributed by atoms with E-state index in [0.717, 1.165) is 36.2 Å². The van der Waals surface area contributed by atoms with Crippen molar-refractivity contribution in [1.29, 1.82) is 0 Å². The number of benzene rings is 1. The minimum atomic E-state index is -0.391. The first-order valence-electron chi connectivity index (χ1n) is 8.11. The van der Waals surface area contributed by atoms with E-state index in [9.17, 15) is 10.0 Å². The van der Waals surface area contributed by atoms with Crippen LogP contribution in [-0.2, 0) is 10.2 Å². The molecule has 23 heavy (non-hydrogen) atoms. The van der Waals surface area contributed by atoms with Crippen molar-refractivity contribution in [1.82, 2.24) is 4.90 Å². The van der Waals surface area contributed by atoms with Crippen molar-refractivity contribution in [2.75, 3.05) is 13.1 Å². The van der Waals surface area contributed by atoms with E-state index in [1.165, 1.54) is 3.58 Å². The lowest BCUT2D eigenvalue weighted by Crippen LogP contribution is -2.53. The van der Waals surface area contributed by atoms with Gasteiger partial charge in [-0.15, -0.1) is 0 Å². The molecule has 0 unspecified atom stereocenters. The number of likely N-dealkylation sites (tertiary alicyclic amines) is 1. The molecule has 1 aromatic carbocycles. The first-order chi connectivity index (χ1) is 11.1. The fourth-order valence-corrected chi connectivity index (χ4v) is 5.09. The SMILES string of the molecule is C/C=C(\I)CN1CC[C@@]23C(=[N+]([O-])c4ccccc42)C(=O)CC[C@H]13. The number of hydrogen-bond acceptors (Lipinski definition) is 3. The number of halogens is 1. The average Bonchev–Trinajstić information content (AvgIpc) is 3.05. The normalized spacial score (nSPS) is 30.4. The average molecular weight is 422 g/mol. The van der Waals surface area contributed by atoms with E-state index in [1.54, 1.807) is 0 Å². The van der Waals surface area contributed by atoms with E-state index in [1.807, 2.05) is 24.3 Å². The number of fused-ring (bicyclic) bond motifs is 1. The Morgan fingerprint density at radius 3 is 3.09 bits per heavy atom. The lowest BCUT2D eigenvalue weighted by molar-refractivity contribution is -0.357. The van der Waals surface area contributed by atoms with Gasteiger partial charge in [-0.05, 0) is 42.4 Å². The first kappa shape index (κ1) is 15.3. The van der Waals surface area contributed by atoms with Crippen LogP contribution in [0.4, 0.5) is 5.69 Å². The van der Waals surface area contributed by atoms with Crippen molar-refractivity contribution in [3.63, 3.8) is 0 Å². The largest absolute Gasteiger partial charge is 0.618 e. The maximum absolute atomic E-state index is 12.8. The number of allylic oxidation sites excluding steroid dienone is 1. The smallest absolute Gasteiger partial charge is 0.248 e. The lowest BCUT2D eigenvalue weighted by Gasteiger charge is -2.37. The summed E-state index contributed by atoms with van der Waals surface area (Å²) in [5, 5.41) is 12.8. The molecular formula is C18H19IN2O2. The molecule has 0 N–H and O–H groups in total. The van der Waals surface area contributed by atoms with Gasteiger partial charge in [0.1, 0.15) is 5.41 Å². The van der Waals surface area contributed by atoms with Crippen molar-refractivity contribution in [3.8, 4) is 0 Å². The third-order valence-electron chi connectivity index (χ3n) is 5.61. The fourth-order valence-electron chi connectivity index (χ4n) is 4.65. The summed E-state index contributed by atoms with van der Waals surface area (Å²) in [5.41, 5.74) is 1.83. The molecule has 1 saturated carbocycles. The van der Waals surface area contributed by atoms with Gasteiger partial charge in [-0.1, -0.05) is 24.3 Å². The van der Waals surface area contributed by atoms with E-state index in [0.29, 0.717) is 17.8 Å². The Morgan fingerprint density at radius 2 is 2.30 bits per heavy atom. The van der Waals surface area contributed by atoms with Crippen LogP contribution in [-0.4, -0.2) is 40.3 Å². The molecule has 1 spiro atoms. The van der Waals surface area contributed by atoms with Gasteiger partial charge in [0.05, 0.1) is 0 Å². The summed E-state index contributed by atoms with van der Waals surface area (Å²) in [7, 11) is 0. The molecular weight excluding hydrogens is 403 g/mol. The number of carbonyl (C=O) groups is 1. The topological polar surface area (TPSA) is 46.4 Å². The summed E-state index contributed by atoms with van der Waals surface area (Å²) in [6.45, 7) is 3.90. The maximum atomic E-state index is 12.8. The zero-order chi connectivity index (χ0) is 16.2. The summed E-state index contributed by atoms with van der Waals surface area (Å²) in [4.78, 5) is 15.0. The van der Waals surface area contributed by atoms with E-state index in [2.05, 4.69) is 40.5 Å². The molecule has 1 aliphatic carbocycles. The predicted molar refractivity (Wildman–Crippen MR) is 98.4 cm³/mol. The zero-order valence-electron chi connectivity index (χ0n) is 13.1. The van der Waals surface area contributed by atoms with Gasteiger partial charge in [0.25, 0.3) is 0 Å². The Balaban J connectivity index is 1.85. The highest BCUT2D eigenvalue weighted by molar-refractivity contribution is 14.1. The zero-order valence-corrected chi connectivity index (χ0v) is 15.2. The summed E-state index contributed by atoms with van der Waals surface area (Å²) >= 11 is 2.38. The van der Waals surface area contributed by atoms with Crippen LogP contribution in [0.5, 0.6) is 0 Å². The molecule has 0 aromatic heterocycles. The van der Waals surface area contributed by atoms with Crippen LogP contribution in [0.25, 0.3) is 0 Å². The molecule has 120 valence electrons. The maximum Gasteiger partial charge on any atom is 0.248 e. The highest BCUT2D eigenvalue weighted by Gasteiger charge is 2.64. The molecule has 2 aliphatic heterocycles. The standard InChI is InChI=1S/C18H19IN2O2/c1-2-12(19)11-20-10-9-18-13-5-3-4-6-14(13)21(23)17(18)15(22)7-8-16(18)20/h2-6,16H,7-11H2,1H3/b12-2-/t16-,18+/m0/s1. The highest BCUT2D eigenvalue weighted by Crippen LogP contribution is 2.52. The molecule has 2 heterocycles. The van der Waals surface area contributed by atoms with Crippen LogP contribution in [0.2, 0.25) is 0 Å². The van der Waals surface area contributed by atoms with Crippen molar-refractivity contribution < 1.29 is 9.53 Å². The molecule has 5 heteroatoms. The number of nitrogens with zero attached hydrogens (tertiary/aromatic N) is 2. The second-order valence-electron chi connectivity index (χ2n) is 6.57. The Morgan fingerprint density at radius 1 is 1.52 bits per heavy atom. The van der Waals surface area contributed by atoms with E-state index in [-0.39, 0.29) is 11.8 Å². The van der Waals surface area contributed by atoms with Crippen molar-refractivity contribution in [3.05, 3.63) is 44.7 Å². The monoisotopic (exact) mass is 422 g/mol. The summed E-state index contributed by atoms with van der Waals surface area (Å²) in [6.07, 6.45) is 4.32. The van der Waals surface area contributed by atoms with Gasteiger partial charge in [-0.3, -0.25) is 9.69 Å². The predicted octanol–water partition coefficient (Wildman–Crippen LogP) is 3.30. The highest BCUT2D eigenvalue weighted by atomic mass is 127. The summed E-state index contributed by atoms with van der Waals surface area (Å²) in [5.74, 6) is 0.0371. The van der Waals surface area contributed by atoms with Crippen LogP contribution in [0, 0.1) is 5.21 Å². The number of carbonyl (C=O) groups excluding carboxylic acids is 1. The van der Waals surface area contributed by atoms with Crippen molar-refractivity contribution in [2.24, 2.45) is 0 Å². The number of hydrogen-bond donors (Lipinski definition) is 0. The van der Waals surface area contributed by atoms with Gasteiger partial charge in [0.2, 0.25) is 17.2 Å². The van der Waals surface area contributed by atoms with Crippen LogP contribution in [0.3, 0.4) is 0 Å². The molecule has 0 bridgehead atoms. The van der Waals surface area contributed by atoms with Gasteiger partial charge in [-0.2, -0.15) is 4.74 Å². The fraction of sp³-hybridized carbons (Fsp3) is 0.444. The van der Waals surface area contributed by atoms with E-state index in [4.69, 9.17) is 0 Å². The molecule has 1 saturated heterocycles. The molecule has 3 aliphatic rings. The molecule has 4 rings (SSSR count). The number of rotatable bonds is 2. The van der Waals surface area contributed by atoms with E-state index >= 15 is 0 Å². The van der Waals surface area contributed by atoms with Gasteiger partial charge in [-0.25, -0.2) is 0 Å². The first-order valence-corrected chi connectivity index (χ1v) is 9.19. The summed E-state index contributed by atoms with van der Waals surface area (Å²) < 4.78 is 2.23. The van der Waals surface area contributed by atoms with Crippen LogP contribution >= 0.6 is 22.6 Å². The van der Waals surface area contributed by atoms with Crippen LogP contribution in [0.15, 0.2) is 33.9 Å². The van der Waals surface area contributed by atoms with E-state index < -0.39 is 5.41 Å². The van der Waals surface area contributed by atoms with Crippen molar-refractivity contribution >= 4 is 39.8 Å². The Bertz CT molecular complexity index is 755. The second-order valence-corrected chi connectivity index (χ2v) is 7.95. The summed E-state index contributed by atoms with van der Waals surface area (Å²) in [6, 6.07) is 8.01. The minimum Gasteiger partial charge on any atom is -0.618 e. The Kier molecular flexibility index (Phi) is 3.61. The Hall–Kier alpha value is -1.21. The third-order valence-corrected chi connectivity index (χ3v) is 6.57. The van der Waals surface area contributed by atoms with Crippen LogP contribution in [0.1, 0.15) is 31.7 Å². The van der Waals surface area contributed by atoms with Crippen LogP contribution < -0.4 is 0 Å². The number of ketones is 1. The molecule has 0 amide bonds. The van der Waals surface area contributed by atoms with Gasteiger partial charge >= 0.3 is 0 Å². The molecule has 2 fully saturated rings. The second kappa shape index (κ2) is 5.41. The molecule has 1 aromatic rings.